The van der Waals surface area contributed by atoms with E-state index in [2.05, 4.69) is 4.98 Å². The first-order valence-electron chi connectivity index (χ1n) is 6.46. The summed E-state index contributed by atoms with van der Waals surface area (Å²) in [6, 6.07) is 11.6. The van der Waals surface area contributed by atoms with Crippen LogP contribution in [0.3, 0.4) is 0 Å². The van der Waals surface area contributed by atoms with Crippen LogP contribution < -0.4 is 0 Å². The molecule has 98 valence electrons. The van der Waals surface area contributed by atoms with Gasteiger partial charge in [0.2, 0.25) is 0 Å². The number of carbonyl (C=O) groups is 1. The molecule has 2 aromatic rings. The van der Waals surface area contributed by atoms with Gasteiger partial charge in [-0.05, 0) is 18.6 Å². The van der Waals surface area contributed by atoms with Crippen molar-refractivity contribution in [3.63, 3.8) is 0 Å². The van der Waals surface area contributed by atoms with E-state index >= 15 is 0 Å². The van der Waals surface area contributed by atoms with E-state index in [-0.39, 0.29) is 12.0 Å². The van der Waals surface area contributed by atoms with Gasteiger partial charge in [0.1, 0.15) is 5.69 Å². The molecule has 0 saturated carbocycles. The van der Waals surface area contributed by atoms with Crippen molar-refractivity contribution in [3.8, 4) is 0 Å². The van der Waals surface area contributed by atoms with Crippen LogP contribution in [0.2, 0.25) is 0 Å². The molecule has 3 rings (SSSR count). The molecule has 0 aliphatic carbocycles. The molecule has 19 heavy (non-hydrogen) atoms. The summed E-state index contributed by atoms with van der Waals surface area (Å²) in [6.45, 7) is 1.40. The molecular weight excluding hydrogens is 240 g/mol. The van der Waals surface area contributed by atoms with E-state index in [1.807, 2.05) is 35.2 Å². The van der Waals surface area contributed by atoms with E-state index in [9.17, 15) is 4.79 Å². The second kappa shape index (κ2) is 4.97. The molecule has 1 aromatic carbocycles. The fourth-order valence-electron chi connectivity index (χ4n) is 2.45. The van der Waals surface area contributed by atoms with Crippen LogP contribution in [0.5, 0.6) is 0 Å². The molecule has 1 atom stereocenters. The number of aromatic nitrogens is 1. The molecule has 0 radical (unpaired) electrons. The van der Waals surface area contributed by atoms with Crippen LogP contribution >= 0.6 is 0 Å². The third kappa shape index (κ3) is 2.31. The molecule has 1 saturated heterocycles. The van der Waals surface area contributed by atoms with Gasteiger partial charge < -0.3 is 9.64 Å². The predicted octanol–water partition coefficient (Wildman–Crippen LogP) is 2.10. The number of ether oxygens (including phenoxy) is 1. The number of para-hydroxylation sites is 1. The van der Waals surface area contributed by atoms with Crippen molar-refractivity contribution < 1.29 is 9.53 Å². The Labute approximate surface area is 112 Å². The molecule has 1 aliphatic rings. The van der Waals surface area contributed by atoms with Crippen molar-refractivity contribution in [1.82, 2.24) is 9.88 Å². The zero-order valence-corrected chi connectivity index (χ0v) is 10.9. The van der Waals surface area contributed by atoms with Gasteiger partial charge in [-0.3, -0.25) is 4.79 Å². The Morgan fingerprint density at radius 3 is 2.95 bits per heavy atom. The minimum Gasteiger partial charge on any atom is -0.380 e. The van der Waals surface area contributed by atoms with Crippen LogP contribution in [-0.2, 0) is 4.74 Å². The molecule has 1 amide bonds. The number of benzene rings is 1. The highest BCUT2D eigenvalue weighted by Gasteiger charge is 2.27. The van der Waals surface area contributed by atoms with Crippen LogP contribution in [0.15, 0.2) is 36.4 Å². The average molecular weight is 256 g/mol. The Balaban J connectivity index is 1.85. The van der Waals surface area contributed by atoms with Gasteiger partial charge in [-0.15, -0.1) is 0 Å². The standard InChI is InChI=1S/C15H16N2O2/c1-19-12-8-9-17(10-12)15(18)14-7-6-11-4-2-3-5-13(11)16-14/h2-7,12H,8-10H2,1H3. The van der Waals surface area contributed by atoms with Gasteiger partial charge in [0.25, 0.3) is 5.91 Å². The number of hydrogen-bond acceptors (Lipinski definition) is 3. The molecule has 1 fully saturated rings. The lowest BCUT2D eigenvalue weighted by Gasteiger charge is -2.15. The average Bonchev–Trinajstić information content (AvgIpc) is 2.95. The molecule has 1 aliphatic heterocycles. The SMILES string of the molecule is COC1CCN(C(=O)c2ccc3ccccc3n2)C1. The summed E-state index contributed by atoms with van der Waals surface area (Å²) in [6.07, 6.45) is 1.06. The maximum absolute atomic E-state index is 12.4. The van der Waals surface area contributed by atoms with E-state index in [1.54, 1.807) is 13.2 Å². The van der Waals surface area contributed by atoms with Crippen molar-refractivity contribution in [3.05, 3.63) is 42.1 Å². The first kappa shape index (κ1) is 12.1. The van der Waals surface area contributed by atoms with Gasteiger partial charge in [0.15, 0.2) is 0 Å². The summed E-state index contributed by atoms with van der Waals surface area (Å²) in [4.78, 5) is 18.6. The van der Waals surface area contributed by atoms with E-state index in [4.69, 9.17) is 4.74 Å². The zero-order chi connectivity index (χ0) is 13.2. The van der Waals surface area contributed by atoms with Crippen LogP contribution in [-0.4, -0.2) is 42.1 Å². The Bertz CT molecular complexity index is 612. The summed E-state index contributed by atoms with van der Waals surface area (Å²) in [7, 11) is 1.69. The normalized spacial score (nSPS) is 19.0. The lowest BCUT2D eigenvalue weighted by molar-refractivity contribution is 0.0719. The number of likely N-dealkylation sites (tertiary alicyclic amines) is 1. The largest absolute Gasteiger partial charge is 0.380 e. The Morgan fingerprint density at radius 1 is 1.32 bits per heavy atom. The Hall–Kier alpha value is -1.94. The van der Waals surface area contributed by atoms with Gasteiger partial charge in [-0.2, -0.15) is 0 Å². The molecule has 4 heteroatoms. The highest BCUT2D eigenvalue weighted by Crippen LogP contribution is 2.17. The van der Waals surface area contributed by atoms with Crippen molar-refractivity contribution in [2.75, 3.05) is 20.2 Å². The highest BCUT2D eigenvalue weighted by molar-refractivity contribution is 5.95. The third-order valence-corrected chi connectivity index (χ3v) is 3.58. The van der Waals surface area contributed by atoms with E-state index < -0.39 is 0 Å². The first-order valence-corrected chi connectivity index (χ1v) is 6.46. The minimum absolute atomic E-state index is 0.00898. The molecule has 0 bridgehead atoms. The Morgan fingerprint density at radius 2 is 2.16 bits per heavy atom. The molecule has 1 aromatic heterocycles. The maximum Gasteiger partial charge on any atom is 0.272 e. The summed E-state index contributed by atoms with van der Waals surface area (Å²) >= 11 is 0. The number of hydrogen-bond donors (Lipinski definition) is 0. The smallest absolute Gasteiger partial charge is 0.272 e. The van der Waals surface area contributed by atoms with Gasteiger partial charge in [-0.1, -0.05) is 24.3 Å². The van der Waals surface area contributed by atoms with Crippen molar-refractivity contribution in [2.45, 2.75) is 12.5 Å². The number of rotatable bonds is 2. The fraction of sp³-hybridized carbons (Fsp3) is 0.333. The summed E-state index contributed by atoms with van der Waals surface area (Å²) < 4.78 is 5.28. The molecule has 0 N–H and O–H groups in total. The number of methoxy groups -OCH3 is 1. The number of nitrogens with zero attached hydrogens (tertiary/aromatic N) is 2. The van der Waals surface area contributed by atoms with Crippen LogP contribution in [0, 0.1) is 0 Å². The van der Waals surface area contributed by atoms with Crippen molar-refractivity contribution >= 4 is 16.8 Å². The lowest BCUT2D eigenvalue weighted by atomic mass is 10.2. The maximum atomic E-state index is 12.4. The third-order valence-electron chi connectivity index (χ3n) is 3.58. The first-order chi connectivity index (χ1) is 9.28. The minimum atomic E-state index is -0.00898. The van der Waals surface area contributed by atoms with Gasteiger partial charge in [0.05, 0.1) is 11.6 Å². The Kier molecular flexibility index (Phi) is 3.17. The molecule has 0 spiro atoms. The number of carbonyl (C=O) groups excluding carboxylic acids is 1. The number of fused-ring (bicyclic) bond motifs is 1. The van der Waals surface area contributed by atoms with E-state index in [0.29, 0.717) is 12.2 Å². The summed E-state index contributed by atoms with van der Waals surface area (Å²) in [5, 5.41) is 1.05. The van der Waals surface area contributed by atoms with Gasteiger partial charge in [0, 0.05) is 25.6 Å². The molecular formula is C15H16N2O2. The van der Waals surface area contributed by atoms with Crippen LogP contribution in [0.25, 0.3) is 10.9 Å². The molecule has 2 heterocycles. The molecule has 4 nitrogen and oxygen atoms in total. The van der Waals surface area contributed by atoms with E-state index in [0.717, 1.165) is 23.9 Å². The van der Waals surface area contributed by atoms with E-state index in [1.165, 1.54) is 0 Å². The summed E-state index contributed by atoms with van der Waals surface area (Å²) in [5.41, 5.74) is 1.37. The van der Waals surface area contributed by atoms with Crippen LogP contribution in [0.1, 0.15) is 16.9 Å². The van der Waals surface area contributed by atoms with Gasteiger partial charge >= 0.3 is 0 Å². The summed E-state index contributed by atoms with van der Waals surface area (Å²) in [5.74, 6) is -0.00898. The number of pyridine rings is 1. The fourth-order valence-corrected chi connectivity index (χ4v) is 2.45. The van der Waals surface area contributed by atoms with Gasteiger partial charge in [-0.25, -0.2) is 4.98 Å². The zero-order valence-electron chi connectivity index (χ0n) is 10.9. The predicted molar refractivity (Wildman–Crippen MR) is 73.1 cm³/mol. The van der Waals surface area contributed by atoms with Crippen molar-refractivity contribution in [1.29, 1.82) is 0 Å². The lowest BCUT2D eigenvalue weighted by Crippen LogP contribution is -2.30. The second-order valence-electron chi connectivity index (χ2n) is 4.79. The monoisotopic (exact) mass is 256 g/mol. The van der Waals surface area contributed by atoms with Crippen LogP contribution in [0.4, 0.5) is 0 Å². The topological polar surface area (TPSA) is 42.4 Å². The van der Waals surface area contributed by atoms with Crippen molar-refractivity contribution in [2.24, 2.45) is 0 Å². The quantitative estimate of drug-likeness (QED) is 0.826. The highest BCUT2D eigenvalue weighted by atomic mass is 16.5. The second-order valence-corrected chi connectivity index (χ2v) is 4.79. The number of amides is 1. The molecule has 1 unspecified atom stereocenters.